The number of amides is 1. The summed E-state index contributed by atoms with van der Waals surface area (Å²) in [4.78, 5) is 23.0. The zero-order chi connectivity index (χ0) is 10.4. The topological polar surface area (TPSA) is 57.6 Å². The van der Waals surface area contributed by atoms with E-state index in [4.69, 9.17) is 5.11 Å². The number of rotatable bonds is 5. The van der Waals surface area contributed by atoms with Crippen LogP contribution in [0.2, 0.25) is 0 Å². The monoisotopic (exact) mass is 185 g/mol. The normalized spacial score (nSPS) is 9.77. The van der Waals surface area contributed by atoms with Gasteiger partial charge in [-0.25, -0.2) is 0 Å². The predicted octanol–water partition coefficient (Wildman–Crippen LogP) is 0.742. The number of aliphatic carboxylic acids is 1. The minimum absolute atomic E-state index is 0.165. The summed E-state index contributed by atoms with van der Waals surface area (Å²) in [5.74, 6) is -1.35. The van der Waals surface area contributed by atoms with Gasteiger partial charge in [0.05, 0.1) is 0 Å². The first-order chi connectivity index (χ1) is 5.99. The van der Waals surface area contributed by atoms with Crippen LogP contribution in [0.25, 0.3) is 0 Å². The van der Waals surface area contributed by atoms with E-state index in [1.54, 1.807) is 13.8 Å². The van der Waals surface area contributed by atoms with E-state index in [0.29, 0.717) is 0 Å². The third kappa shape index (κ3) is 4.30. The second kappa shape index (κ2) is 5.35. The Labute approximate surface area is 77.8 Å². The quantitative estimate of drug-likeness (QED) is 0.643. The predicted molar refractivity (Wildman–Crippen MR) is 49.3 cm³/mol. The maximum absolute atomic E-state index is 11.4. The first-order valence-corrected chi connectivity index (χ1v) is 4.10. The molecule has 0 fully saturated rings. The number of carboxylic acid groups (broad SMARTS) is 1. The SMILES string of the molecule is C=CCN(CC(=O)O)C(=O)C(C)C. The van der Waals surface area contributed by atoms with Crippen LogP contribution in [0.1, 0.15) is 13.8 Å². The third-order valence-corrected chi connectivity index (χ3v) is 1.48. The van der Waals surface area contributed by atoms with Crippen LogP contribution in [0.3, 0.4) is 0 Å². The molecule has 1 N–H and O–H groups in total. The molecule has 4 heteroatoms. The van der Waals surface area contributed by atoms with Crippen LogP contribution in [0.5, 0.6) is 0 Å². The van der Waals surface area contributed by atoms with Crippen LogP contribution >= 0.6 is 0 Å². The lowest BCUT2D eigenvalue weighted by Gasteiger charge is -2.20. The van der Waals surface area contributed by atoms with E-state index < -0.39 is 5.97 Å². The molecule has 0 unspecified atom stereocenters. The summed E-state index contributed by atoms with van der Waals surface area (Å²) >= 11 is 0. The smallest absolute Gasteiger partial charge is 0.323 e. The lowest BCUT2D eigenvalue weighted by molar-refractivity contribution is -0.145. The number of hydrogen-bond donors (Lipinski definition) is 1. The maximum Gasteiger partial charge on any atom is 0.323 e. The fourth-order valence-electron chi connectivity index (χ4n) is 0.917. The molecular formula is C9H15NO3. The van der Waals surface area contributed by atoms with Crippen molar-refractivity contribution in [1.82, 2.24) is 4.90 Å². The molecule has 0 saturated heterocycles. The van der Waals surface area contributed by atoms with Crippen molar-refractivity contribution in [2.45, 2.75) is 13.8 Å². The zero-order valence-electron chi connectivity index (χ0n) is 7.99. The lowest BCUT2D eigenvalue weighted by atomic mass is 10.2. The number of nitrogens with zero attached hydrogens (tertiary/aromatic N) is 1. The summed E-state index contributed by atoms with van der Waals surface area (Å²) < 4.78 is 0. The Bertz CT molecular complexity index is 211. The van der Waals surface area contributed by atoms with Gasteiger partial charge in [0.1, 0.15) is 6.54 Å². The van der Waals surface area contributed by atoms with Gasteiger partial charge in [0, 0.05) is 12.5 Å². The summed E-state index contributed by atoms with van der Waals surface area (Å²) in [5, 5.41) is 8.51. The Morgan fingerprint density at radius 1 is 1.54 bits per heavy atom. The van der Waals surface area contributed by atoms with Gasteiger partial charge in [0.2, 0.25) is 5.91 Å². The molecule has 0 aromatic rings. The second-order valence-corrected chi connectivity index (χ2v) is 3.06. The van der Waals surface area contributed by atoms with Crippen LogP contribution in [0.15, 0.2) is 12.7 Å². The van der Waals surface area contributed by atoms with Gasteiger partial charge in [-0.3, -0.25) is 9.59 Å². The van der Waals surface area contributed by atoms with E-state index >= 15 is 0 Å². The second-order valence-electron chi connectivity index (χ2n) is 3.06. The van der Waals surface area contributed by atoms with Crippen molar-refractivity contribution in [3.63, 3.8) is 0 Å². The number of carbonyl (C=O) groups excluding carboxylic acids is 1. The van der Waals surface area contributed by atoms with E-state index in [2.05, 4.69) is 6.58 Å². The average Bonchev–Trinajstić information content (AvgIpc) is 2.01. The Morgan fingerprint density at radius 2 is 2.08 bits per heavy atom. The first-order valence-electron chi connectivity index (χ1n) is 4.10. The lowest BCUT2D eigenvalue weighted by Crippen LogP contribution is -2.38. The molecule has 0 aromatic heterocycles. The van der Waals surface area contributed by atoms with Gasteiger partial charge in [-0.2, -0.15) is 0 Å². The van der Waals surface area contributed by atoms with Gasteiger partial charge in [-0.05, 0) is 0 Å². The molecular weight excluding hydrogens is 170 g/mol. The van der Waals surface area contributed by atoms with Crippen molar-refractivity contribution < 1.29 is 14.7 Å². The van der Waals surface area contributed by atoms with Crippen LogP contribution in [0, 0.1) is 5.92 Å². The number of carboxylic acids is 1. The van der Waals surface area contributed by atoms with Gasteiger partial charge < -0.3 is 10.0 Å². The first kappa shape index (κ1) is 11.7. The zero-order valence-corrected chi connectivity index (χ0v) is 7.99. The molecule has 0 aliphatic rings. The third-order valence-electron chi connectivity index (χ3n) is 1.48. The van der Waals surface area contributed by atoms with Crippen molar-refractivity contribution in [2.24, 2.45) is 5.92 Å². The molecule has 0 bridgehead atoms. The molecule has 0 rings (SSSR count). The minimum Gasteiger partial charge on any atom is -0.480 e. The van der Waals surface area contributed by atoms with Crippen molar-refractivity contribution >= 4 is 11.9 Å². The van der Waals surface area contributed by atoms with Crippen LogP contribution < -0.4 is 0 Å². The fourth-order valence-corrected chi connectivity index (χ4v) is 0.917. The van der Waals surface area contributed by atoms with Crippen LogP contribution in [0.4, 0.5) is 0 Å². The number of hydrogen-bond acceptors (Lipinski definition) is 2. The Morgan fingerprint density at radius 3 is 2.38 bits per heavy atom. The molecule has 0 atom stereocenters. The van der Waals surface area contributed by atoms with Crippen molar-refractivity contribution in [3.8, 4) is 0 Å². The molecule has 0 heterocycles. The Hall–Kier alpha value is -1.32. The maximum atomic E-state index is 11.4. The van der Waals surface area contributed by atoms with Gasteiger partial charge in [0.15, 0.2) is 0 Å². The molecule has 4 nitrogen and oxygen atoms in total. The Balaban J connectivity index is 4.31. The van der Waals surface area contributed by atoms with E-state index in [1.807, 2.05) is 0 Å². The fraction of sp³-hybridized carbons (Fsp3) is 0.556. The van der Waals surface area contributed by atoms with E-state index in [0.717, 1.165) is 0 Å². The molecule has 0 spiro atoms. The van der Waals surface area contributed by atoms with E-state index in [9.17, 15) is 9.59 Å². The van der Waals surface area contributed by atoms with Crippen molar-refractivity contribution in [1.29, 1.82) is 0 Å². The van der Waals surface area contributed by atoms with Gasteiger partial charge in [-0.1, -0.05) is 19.9 Å². The van der Waals surface area contributed by atoms with Crippen molar-refractivity contribution in [2.75, 3.05) is 13.1 Å². The Kier molecular flexibility index (Phi) is 4.80. The molecule has 0 aromatic carbocycles. The molecule has 0 aliphatic carbocycles. The molecule has 13 heavy (non-hydrogen) atoms. The molecule has 0 radical (unpaired) electrons. The van der Waals surface area contributed by atoms with E-state index in [-0.39, 0.29) is 24.9 Å². The summed E-state index contributed by atoms with van der Waals surface area (Å²) in [6.07, 6.45) is 1.52. The largest absolute Gasteiger partial charge is 0.480 e. The molecule has 0 saturated carbocycles. The molecule has 1 amide bonds. The summed E-state index contributed by atoms with van der Waals surface area (Å²) in [7, 11) is 0. The van der Waals surface area contributed by atoms with Gasteiger partial charge in [-0.15, -0.1) is 6.58 Å². The highest BCUT2D eigenvalue weighted by atomic mass is 16.4. The summed E-state index contributed by atoms with van der Waals surface area (Å²) in [6.45, 7) is 6.96. The highest BCUT2D eigenvalue weighted by Crippen LogP contribution is 2.00. The van der Waals surface area contributed by atoms with Crippen molar-refractivity contribution in [3.05, 3.63) is 12.7 Å². The summed E-state index contributed by atoms with van der Waals surface area (Å²) in [6, 6.07) is 0. The average molecular weight is 185 g/mol. The van der Waals surface area contributed by atoms with E-state index in [1.165, 1.54) is 11.0 Å². The standard InChI is InChI=1S/C9H15NO3/c1-4-5-10(6-8(11)12)9(13)7(2)3/h4,7H,1,5-6H2,2-3H3,(H,11,12). The summed E-state index contributed by atoms with van der Waals surface area (Å²) in [5.41, 5.74) is 0. The highest BCUT2D eigenvalue weighted by Gasteiger charge is 2.17. The van der Waals surface area contributed by atoms with Crippen LogP contribution in [-0.4, -0.2) is 35.0 Å². The highest BCUT2D eigenvalue weighted by molar-refractivity contribution is 5.82. The molecule has 0 aliphatic heterocycles. The minimum atomic E-state index is -1.00. The van der Waals surface area contributed by atoms with Gasteiger partial charge in [0.25, 0.3) is 0 Å². The van der Waals surface area contributed by atoms with Gasteiger partial charge >= 0.3 is 5.97 Å². The molecule has 74 valence electrons. The number of carbonyl (C=O) groups is 2. The van der Waals surface area contributed by atoms with Crippen LogP contribution in [-0.2, 0) is 9.59 Å².